The van der Waals surface area contributed by atoms with Crippen LogP contribution in [-0.4, -0.2) is 27.5 Å². The number of ketones is 1. The highest BCUT2D eigenvalue weighted by Gasteiger charge is 2.13. The Morgan fingerprint density at radius 2 is 1.50 bits per heavy atom. The molecule has 0 atom stereocenters. The topological polar surface area (TPSA) is 87.4 Å². The lowest BCUT2D eigenvalue weighted by molar-refractivity contribution is -0.143. The van der Waals surface area contributed by atoms with Crippen molar-refractivity contribution in [2.45, 2.75) is 13.1 Å². The van der Waals surface area contributed by atoms with Crippen molar-refractivity contribution in [3.63, 3.8) is 0 Å². The fraction of sp³-hybridized carbons (Fsp3) is 0.143. The van der Waals surface area contributed by atoms with Crippen molar-refractivity contribution in [3.05, 3.63) is 105 Å². The molecule has 142 valence electrons. The van der Waals surface area contributed by atoms with E-state index in [9.17, 15) is 19.2 Å². The van der Waals surface area contributed by atoms with Crippen molar-refractivity contribution < 1.29 is 14.3 Å². The van der Waals surface area contributed by atoms with Crippen LogP contribution in [-0.2, 0) is 22.6 Å². The Morgan fingerprint density at radius 1 is 0.857 bits per heavy atom. The van der Waals surface area contributed by atoms with Gasteiger partial charge in [-0.1, -0.05) is 60.7 Å². The summed E-state index contributed by atoms with van der Waals surface area (Å²) >= 11 is 0. The number of esters is 1. The van der Waals surface area contributed by atoms with Gasteiger partial charge in [0, 0.05) is 17.8 Å². The minimum absolute atomic E-state index is 0.265. The normalized spacial score (nSPS) is 10.4. The summed E-state index contributed by atoms with van der Waals surface area (Å²) in [5.74, 6) is -1.20. The van der Waals surface area contributed by atoms with Crippen LogP contribution in [0.4, 0.5) is 0 Å². The number of nitrogens with zero attached hydrogens (tertiary/aromatic N) is 2. The number of carbonyl (C=O) groups is 2. The lowest BCUT2D eigenvalue weighted by atomic mass is 10.1. The molecule has 3 aromatic rings. The van der Waals surface area contributed by atoms with Gasteiger partial charge in [0.25, 0.3) is 5.56 Å². The number of ether oxygens (including phenoxy) is 1. The van der Waals surface area contributed by atoms with E-state index in [0.717, 1.165) is 10.1 Å². The summed E-state index contributed by atoms with van der Waals surface area (Å²) in [5, 5.41) is 0. The van der Waals surface area contributed by atoms with E-state index >= 15 is 0 Å². The van der Waals surface area contributed by atoms with Crippen LogP contribution in [0, 0.1) is 0 Å². The second-order valence-corrected chi connectivity index (χ2v) is 6.09. The van der Waals surface area contributed by atoms with Gasteiger partial charge in [-0.15, -0.1) is 0 Å². The number of Topliss-reactive ketones (excluding diaryl/α,β-unsaturated/α-hetero) is 1. The third-order valence-corrected chi connectivity index (χ3v) is 4.08. The molecule has 7 nitrogen and oxygen atoms in total. The van der Waals surface area contributed by atoms with E-state index in [4.69, 9.17) is 4.74 Å². The number of aromatic nitrogens is 2. The zero-order chi connectivity index (χ0) is 19.9. The largest absolute Gasteiger partial charge is 0.456 e. The molecule has 0 N–H and O–H groups in total. The molecule has 0 unspecified atom stereocenters. The lowest BCUT2D eigenvalue weighted by Gasteiger charge is -2.10. The Morgan fingerprint density at radius 3 is 2.18 bits per heavy atom. The van der Waals surface area contributed by atoms with Gasteiger partial charge in [-0.25, -0.2) is 9.36 Å². The van der Waals surface area contributed by atoms with Crippen LogP contribution in [0.25, 0.3) is 0 Å². The summed E-state index contributed by atoms with van der Waals surface area (Å²) in [4.78, 5) is 48.6. The molecule has 7 heteroatoms. The average molecular weight is 378 g/mol. The first-order chi connectivity index (χ1) is 13.5. The van der Waals surface area contributed by atoms with Crippen molar-refractivity contribution in [1.29, 1.82) is 0 Å². The fourth-order valence-electron chi connectivity index (χ4n) is 2.63. The van der Waals surface area contributed by atoms with Gasteiger partial charge in [0.2, 0.25) is 0 Å². The molecule has 3 rings (SSSR count). The Labute approximate surface area is 160 Å². The van der Waals surface area contributed by atoms with E-state index in [1.54, 1.807) is 30.3 Å². The lowest BCUT2D eigenvalue weighted by Crippen LogP contribution is -2.41. The summed E-state index contributed by atoms with van der Waals surface area (Å²) in [6, 6.07) is 18.9. The Balaban J connectivity index is 1.68. The Hall–Kier alpha value is -3.74. The van der Waals surface area contributed by atoms with Crippen molar-refractivity contribution in [2.75, 3.05) is 6.61 Å². The monoisotopic (exact) mass is 378 g/mol. The maximum Gasteiger partial charge on any atom is 0.331 e. The molecule has 0 bridgehead atoms. The molecule has 0 spiro atoms. The van der Waals surface area contributed by atoms with E-state index in [2.05, 4.69) is 0 Å². The molecule has 2 aromatic carbocycles. The van der Waals surface area contributed by atoms with E-state index in [1.807, 2.05) is 30.3 Å². The maximum absolute atomic E-state index is 12.5. The van der Waals surface area contributed by atoms with Crippen LogP contribution in [0.1, 0.15) is 15.9 Å². The number of hydrogen-bond donors (Lipinski definition) is 0. The van der Waals surface area contributed by atoms with E-state index in [0.29, 0.717) is 5.56 Å². The van der Waals surface area contributed by atoms with Crippen LogP contribution in [0.15, 0.2) is 82.5 Å². The van der Waals surface area contributed by atoms with Gasteiger partial charge in [0.05, 0.1) is 6.54 Å². The van der Waals surface area contributed by atoms with Gasteiger partial charge in [-0.05, 0) is 5.56 Å². The van der Waals surface area contributed by atoms with Gasteiger partial charge in [-0.2, -0.15) is 0 Å². The van der Waals surface area contributed by atoms with Gasteiger partial charge >= 0.3 is 11.7 Å². The van der Waals surface area contributed by atoms with Crippen LogP contribution < -0.4 is 11.2 Å². The predicted octanol–water partition coefficient (Wildman–Crippen LogP) is 1.48. The van der Waals surface area contributed by atoms with E-state index in [1.165, 1.54) is 16.8 Å². The van der Waals surface area contributed by atoms with Crippen LogP contribution in [0.5, 0.6) is 0 Å². The van der Waals surface area contributed by atoms with Crippen molar-refractivity contribution in [2.24, 2.45) is 0 Å². The molecular weight excluding hydrogens is 360 g/mol. The quantitative estimate of drug-likeness (QED) is 0.459. The summed E-state index contributed by atoms with van der Waals surface area (Å²) in [7, 11) is 0. The zero-order valence-electron chi connectivity index (χ0n) is 15.0. The number of rotatable bonds is 7. The van der Waals surface area contributed by atoms with Gasteiger partial charge in [0.1, 0.15) is 6.54 Å². The van der Waals surface area contributed by atoms with Crippen molar-refractivity contribution >= 4 is 11.8 Å². The minimum atomic E-state index is -0.832. The highest BCUT2D eigenvalue weighted by Crippen LogP contribution is 2.01. The molecule has 0 saturated heterocycles. The molecule has 0 aliphatic rings. The fourth-order valence-corrected chi connectivity index (χ4v) is 2.63. The van der Waals surface area contributed by atoms with Gasteiger partial charge < -0.3 is 4.74 Å². The second kappa shape index (κ2) is 8.77. The molecular formula is C21H18N2O5. The standard InChI is InChI=1S/C21H18N2O5/c24-18(17-9-5-2-6-10-17)15-28-20(26)14-23-19(25)11-12-22(21(23)27)13-16-7-3-1-4-8-16/h1-12H,13-15H2. The Kier molecular flexibility index (Phi) is 5.96. The third kappa shape index (κ3) is 4.70. The zero-order valence-corrected chi connectivity index (χ0v) is 15.0. The summed E-state index contributed by atoms with van der Waals surface area (Å²) in [5.41, 5.74) is 0.0616. The summed E-state index contributed by atoms with van der Waals surface area (Å²) in [6.07, 6.45) is 1.39. The highest BCUT2D eigenvalue weighted by molar-refractivity contribution is 5.97. The first kappa shape index (κ1) is 19.0. The first-order valence-corrected chi connectivity index (χ1v) is 8.62. The molecule has 0 saturated carbocycles. The van der Waals surface area contributed by atoms with E-state index < -0.39 is 30.4 Å². The van der Waals surface area contributed by atoms with Crippen LogP contribution >= 0.6 is 0 Å². The van der Waals surface area contributed by atoms with Crippen molar-refractivity contribution in [1.82, 2.24) is 9.13 Å². The van der Waals surface area contributed by atoms with Crippen LogP contribution in [0.2, 0.25) is 0 Å². The van der Waals surface area contributed by atoms with E-state index in [-0.39, 0.29) is 12.3 Å². The third-order valence-electron chi connectivity index (χ3n) is 4.08. The second-order valence-electron chi connectivity index (χ2n) is 6.09. The molecule has 0 aliphatic carbocycles. The minimum Gasteiger partial charge on any atom is -0.456 e. The molecule has 1 aromatic heterocycles. The SMILES string of the molecule is O=C(Cn1c(=O)ccn(Cc2ccccc2)c1=O)OCC(=O)c1ccccc1. The molecule has 0 radical (unpaired) electrons. The maximum atomic E-state index is 12.5. The van der Waals surface area contributed by atoms with Gasteiger partial charge in [-0.3, -0.25) is 19.0 Å². The molecule has 28 heavy (non-hydrogen) atoms. The molecule has 0 aliphatic heterocycles. The predicted molar refractivity (Wildman–Crippen MR) is 102 cm³/mol. The van der Waals surface area contributed by atoms with Gasteiger partial charge in [0.15, 0.2) is 12.4 Å². The highest BCUT2D eigenvalue weighted by atomic mass is 16.5. The average Bonchev–Trinajstić information content (AvgIpc) is 2.73. The summed E-state index contributed by atoms with van der Waals surface area (Å²) < 4.78 is 7.06. The van der Waals surface area contributed by atoms with Crippen molar-refractivity contribution in [3.8, 4) is 0 Å². The smallest absolute Gasteiger partial charge is 0.331 e. The van der Waals surface area contributed by atoms with Crippen LogP contribution in [0.3, 0.4) is 0 Å². The number of carbonyl (C=O) groups excluding carboxylic acids is 2. The molecule has 1 heterocycles. The number of hydrogen-bond acceptors (Lipinski definition) is 5. The first-order valence-electron chi connectivity index (χ1n) is 8.62. The summed E-state index contributed by atoms with van der Waals surface area (Å²) in [6.45, 7) is -0.750. The Bertz CT molecular complexity index is 1090. The number of benzene rings is 2. The molecule has 0 amide bonds. The molecule has 0 fully saturated rings.